The molecule has 0 aliphatic carbocycles. The zero-order chi connectivity index (χ0) is 10.5. The molecule has 0 bridgehead atoms. The van der Waals surface area contributed by atoms with Crippen molar-refractivity contribution in [1.82, 2.24) is 0 Å². The predicted molar refractivity (Wildman–Crippen MR) is 45.4 cm³/mol. The van der Waals surface area contributed by atoms with Crippen LogP contribution in [0.25, 0.3) is 0 Å². The molecular weight excluding hydrogens is 188 g/mol. The summed E-state index contributed by atoms with van der Waals surface area (Å²) >= 11 is 0. The number of carbonyl (C=O) groups excluding carboxylic acids is 1. The number of ether oxygens (including phenoxy) is 3. The van der Waals surface area contributed by atoms with Crippen molar-refractivity contribution < 1.29 is 24.1 Å². The Morgan fingerprint density at radius 1 is 1.36 bits per heavy atom. The number of hydrogen-bond acceptors (Lipinski definition) is 5. The summed E-state index contributed by atoms with van der Waals surface area (Å²) in [7, 11) is 0. The van der Waals surface area contributed by atoms with Gasteiger partial charge >= 0.3 is 0 Å². The van der Waals surface area contributed by atoms with Crippen LogP contribution in [0.5, 0.6) is 0 Å². The Hall–Kier alpha value is -0.490. The van der Waals surface area contributed by atoms with Gasteiger partial charge in [0.05, 0.1) is 0 Å². The largest absolute Gasteiger partial charge is 0.387 e. The summed E-state index contributed by atoms with van der Waals surface area (Å²) in [4.78, 5) is 11.1. The molecule has 2 aliphatic heterocycles. The zero-order valence-corrected chi connectivity index (χ0v) is 8.39. The number of rotatable bonds is 1. The Kier molecular flexibility index (Phi) is 2.15. The standard InChI is InChI=1S/C9H14O5/c1-4(10)6-5(11)7-8(12-6)14-9(2,3)13-7/h5-8,11H,1-3H3/t5-,6+,7+,8?/m0/s1. The molecule has 14 heavy (non-hydrogen) atoms. The second-order valence-corrected chi connectivity index (χ2v) is 4.13. The van der Waals surface area contributed by atoms with E-state index in [1.807, 2.05) is 0 Å². The molecule has 0 aromatic heterocycles. The molecule has 2 heterocycles. The number of carbonyl (C=O) groups is 1. The Labute approximate surface area is 81.9 Å². The van der Waals surface area contributed by atoms with Crippen LogP contribution in [0, 0.1) is 0 Å². The molecule has 4 atom stereocenters. The van der Waals surface area contributed by atoms with E-state index in [0.717, 1.165) is 0 Å². The van der Waals surface area contributed by atoms with Crippen LogP contribution in [0.15, 0.2) is 0 Å². The van der Waals surface area contributed by atoms with Gasteiger partial charge in [-0.15, -0.1) is 0 Å². The maximum atomic E-state index is 11.1. The quantitative estimate of drug-likeness (QED) is 0.638. The molecule has 1 unspecified atom stereocenters. The van der Waals surface area contributed by atoms with Crippen molar-refractivity contribution in [3.05, 3.63) is 0 Å². The highest BCUT2D eigenvalue weighted by Crippen LogP contribution is 2.37. The van der Waals surface area contributed by atoms with Crippen LogP contribution < -0.4 is 0 Å². The first kappa shape index (κ1) is 10.0. The number of Topliss-reactive ketones (excluding diaryl/α,β-unsaturated/α-hetero) is 1. The Bertz CT molecular complexity index is 262. The molecule has 2 aliphatic rings. The van der Waals surface area contributed by atoms with Crippen molar-refractivity contribution in [2.45, 2.75) is 51.2 Å². The van der Waals surface area contributed by atoms with E-state index in [2.05, 4.69) is 0 Å². The maximum Gasteiger partial charge on any atom is 0.190 e. The van der Waals surface area contributed by atoms with E-state index in [9.17, 15) is 9.90 Å². The topological polar surface area (TPSA) is 65.0 Å². The number of aliphatic hydroxyl groups is 1. The fraction of sp³-hybridized carbons (Fsp3) is 0.889. The maximum absolute atomic E-state index is 11.1. The lowest BCUT2D eigenvalue weighted by atomic mass is 10.1. The SMILES string of the molecule is CC(=O)[C@H]1OC2OC(C)(C)O[C@@H]2[C@H]1O. The van der Waals surface area contributed by atoms with Gasteiger partial charge in [-0.2, -0.15) is 0 Å². The molecule has 1 N–H and O–H groups in total. The normalized spacial score (nSPS) is 45.1. The van der Waals surface area contributed by atoms with E-state index in [4.69, 9.17) is 14.2 Å². The van der Waals surface area contributed by atoms with Gasteiger partial charge in [0.15, 0.2) is 17.9 Å². The second-order valence-electron chi connectivity index (χ2n) is 4.13. The average Bonchev–Trinajstić information content (AvgIpc) is 2.46. The molecule has 0 aromatic carbocycles. The van der Waals surface area contributed by atoms with E-state index in [1.54, 1.807) is 13.8 Å². The molecule has 0 saturated carbocycles. The van der Waals surface area contributed by atoms with Crippen molar-refractivity contribution in [2.75, 3.05) is 0 Å². The lowest BCUT2D eigenvalue weighted by Crippen LogP contribution is -2.37. The van der Waals surface area contributed by atoms with Crippen molar-refractivity contribution >= 4 is 5.78 Å². The van der Waals surface area contributed by atoms with E-state index in [-0.39, 0.29) is 5.78 Å². The molecule has 0 spiro atoms. The summed E-state index contributed by atoms with van der Waals surface area (Å²) in [6, 6.07) is 0. The summed E-state index contributed by atoms with van der Waals surface area (Å²) in [6.07, 6.45) is -2.94. The minimum atomic E-state index is -0.931. The Morgan fingerprint density at radius 3 is 2.50 bits per heavy atom. The molecule has 2 fully saturated rings. The number of aliphatic hydroxyl groups excluding tert-OH is 1. The fourth-order valence-corrected chi connectivity index (χ4v) is 1.83. The van der Waals surface area contributed by atoms with Crippen molar-refractivity contribution in [1.29, 1.82) is 0 Å². The van der Waals surface area contributed by atoms with E-state index < -0.39 is 30.4 Å². The smallest absolute Gasteiger partial charge is 0.190 e. The van der Waals surface area contributed by atoms with Gasteiger partial charge in [0.2, 0.25) is 0 Å². The number of ketones is 1. The monoisotopic (exact) mass is 202 g/mol. The molecule has 5 heteroatoms. The van der Waals surface area contributed by atoms with Crippen LogP contribution >= 0.6 is 0 Å². The number of fused-ring (bicyclic) bond motifs is 1. The summed E-state index contributed by atoms with van der Waals surface area (Å²) < 4.78 is 16.0. The zero-order valence-electron chi connectivity index (χ0n) is 8.39. The summed E-state index contributed by atoms with van der Waals surface area (Å²) in [5.74, 6) is -0.963. The van der Waals surface area contributed by atoms with Crippen LogP contribution in [-0.4, -0.2) is 41.3 Å². The van der Waals surface area contributed by atoms with Gasteiger partial charge in [0, 0.05) is 0 Å². The fourth-order valence-electron chi connectivity index (χ4n) is 1.83. The van der Waals surface area contributed by atoms with Crippen LogP contribution in [0.2, 0.25) is 0 Å². The van der Waals surface area contributed by atoms with Gasteiger partial charge in [-0.25, -0.2) is 0 Å². The summed E-state index contributed by atoms with van der Waals surface area (Å²) in [6.45, 7) is 4.86. The van der Waals surface area contributed by atoms with Gasteiger partial charge in [0.1, 0.15) is 18.3 Å². The van der Waals surface area contributed by atoms with E-state index in [0.29, 0.717) is 0 Å². The molecule has 0 radical (unpaired) electrons. The predicted octanol–water partition coefficient (Wildman–Crippen LogP) is -0.187. The van der Waals surface area contributed by atoms with Crippen LogP contribution in [0.4, 0.5) is 0 Å². The molecule has 0 aromatic rings. The summed E-state index contributed by atoms with van der Waals surface area (Å²) in [5, 5.41) is 9.71. The lowest BCUT2D eigenvalue weighted by molar-refractivity contribution is -0.214. The molecule has 80 valence electrons. The second kappa shape index (κ2) is 3.00. The lowest BCUT2D eigenvalue weighted by Gasteiger charge is -2.21. The van der Waals surface area contributed by atoms with Gasteiger partial charge in [-0.05, 0) is 20.8 Å². The molecule has 5 nitrogen and oxygen atoms in total. The first-order valence-electron chi connectivity index (χ1n) is 4.60. The Morgan fingerprint density at radius 2 is 2.00 bits per heavy atom. The number of hydrogen-bond donors (Lipinski definition) is 1. The first-order valence-corrected chi connectivity index (χ1v) is 4.60. The average molecular weight is 202 g/mol. The molecule has 2 saturated heterocycles. The summed E-state index contributed by atoms with van der Waals surface area (Å²) in [5.41, 5.74) is 0. The highest BCUT2D eigenvalue weighted by Gasteiger charge is 2.55. The Balaban J connectivity index is 2.11. The third-order valence-electron chi connectivity index (χ3n) is 2.42. The van der Waals surface area contributed by atoms with Gasteiger partial charge in [-0.1, -0.05) is 0 Å². The van der Waals surface area contributed by atoms with Crippen molar-refractivity contribution in [3.63, 3.8) is 0 Å². The highest BCUT2D eigenvalue weighted by molar-refractivity contribution is 5.81. The highest BCUT2D eigenvalue weighted by atomic mass is 16.8. The van der Waals surface area contributed by atoms with E-state index in [1.165, 1.54) is 6.92 Å². The van der Waals surface area contributed by atoms with Gasteiger partial charge in [0.25, 0.3) is 0 Å². The van der Waals surface area contributed by atoms with Crippen LogP contribution in [0.1, 0.15) is 20.8 Å². The molecular formula is C9H14O5. The minimum absolute atomic E-state index is 0.211. The van der Waals surface area contributed by atoms with Gasteiger partial charge < -0.3 is 19.3 Å². The van der Waals surface area contributed by atoms with E-state index >= 15 is 0 Å². The van der Waals surface area contributed by atoms with Crippen molar-refractivity contribution in [3.8, 4) is 0 Å². The minimum Gasteiger partial charge on any atom is -0.387 e. The third kappa shape index (κ3) is 1.46. The van der Waals surface area contributed by atoms with Crippen molar-refractivity contribution in [2.24, 2.45) is 0 Å². The van der Waals surface area contributed by atoms with Crippen LogP contribution in [0.3, 0.4) is 0 Å². The molecule has 2 rings (SSSR count). The van der Waals surface area contributed by atoms with Crippen LogP contribution in [-0.2, 0) is 19.0 Å². The first-order chi connectivity index (χ1) is 6.41. The third-order valence-corrected chi connectivity index (χ3v) is 2.42. The molecule has 0 amide bonds. The van der Waals surface area contributed by atoms with Gasteiger partial charge in [-0.3, -0.25) is 4.79 Å².